The summed E-state index contributed by atoms with van der Waals surface area (Å²) < 4.78 is 32.3. The smallest absolute Gasteiger partial charge is 0.118 e. The Morgan fingerprint density at radius 2 is 0.846 bits per heavy atom. The van der Waals surface area contributed by atoms with Gasteiger partial charge in [-0.3, -0.25) is 0 Å². The van der Waals surface area contributed by atoms with Crippen molar-refractivity contribution in [2.75, 3.05) is 13.7 Å². The SMILES string of the molecule is COc1ccc(CO[C@H](COCc2ccccc2)[C@H](OCc2ccccc2)[C@@H](CCCCCCCCCCCC(C)C)OCc2ccccc2)cc1. The Kier molecular flexibility index (Phi) is 20.2. The highest BCUT2D eigenvalue weighted by atomic mass is 16.6. The maximum Gasteiger partial charge on any atom is 0.118 e. The van der Waals surface area contributed by atoms with E-state index in [1.165, 1.54) is 57.8 Å². The lowest BCUT2D eigenvalue weighted by Crippen LogP contribution is -2.45. The second-order valence-electron chi connectivity index (χ2n) is 14.4. The number of hydrogen-bond acceptors (Lipinski definition) is 5. The second kappa shape index (κ2) is 25.5. The molecular formula is C47H64O5. The van der Waals surface area contributed by atoms with Crippen LogP contribution in [0.15, 0.2) is 115 Å². The van der Waals surface area contributed by atoms with Gasteiger partial charge in [0.1, 0.15) is 18.0 Å². The standard InChI is InChI=1S/C47H64O5/c1-39(2)22-14-9-7-5-4-6-8-10-21-29-45(50-35-41-25-17-12-18-26-41)47(52-37-42-27-19-13-20-28-42)46(38-49-34-40-23-15-11-16-24-40)51-36-43-30-32-44(48-3)33-31-43/h11-13,15-20,23-28,30-33,39,45-47H,4-10,14,21-22,29,34-38H2,1-3H3/t45-,46-,47-/m1/s1. The van der Waals surface area contributed by atoms with Crippen molar-refractivity contribution >= 4 is 0 Å². The van der Waals surface area contributed by atoms with Crippen molar-refractivity contribution < 1.29 is 23.7 Å². The first-order valence-electron chi connectivity index (χ1n) is 19.8. The largest absolute Gasteiger partial charge is 0.497 e. The Morgan fingerprint density at radius 1 is 0.423 bits per heavy atom. The number of ether oxygens (including phenoxy) is 5. The van der Waals surface area contributed by atoms with E-state index in [1.807, 2.05) is 42.5 Å². The minimum atomic E-state index is -0.356. The Bertz CT molecular complexity index is 1410. The van der Waals surface area contributed by atoms with Gasteiger partial charge in [0, 0.05) is 0 Å². The van der Waals surface area contributed by atoms with Gasteiger partial charge in [0.05, 0.1) is 46.2 Å². The molecule has 0 unspecified atom stereocenters. The summed E-state index contributed by atoms with van der Waals surface area (Å²) in [5.41, 5.74) is 4.47. The van der Waals surface area contributed by atoms with Gasteiger partial charge in [-0.2, -0.15) is 0 Å². The lowest BCUT2D eigenvalue weighted by Gasteiger charge is -2.34. The molecule has 4 rings (SSSR count). The zero-order valence-electron chi connectivity index (χ0n) is 32.1. The normalized spacial score (nSPS) is 13.2. The molecule has 0 N–H and O–H groups in total. The molecule has 0 bridgehead atoms. The van der Waals surface area contributed by atoms with Crippen molar-refractivity contribution in [2.24, 2.45) is 5.92 Å². The minimum Gasteiger partial charge on any atom is -0.497 e. The summed E-state index contributed by atoms with van der Waals surface area (Å²) in [6.45, 7) is 6.94. The van der Waals surface area contributed by atoms with E-state index < -0.39 is 0 Å². The number of unbranched alkanes of at least 4 members (excludes halogenated alkanes) is 8. The van der Waals surface area contributed by atoms with Crippen molar-refractivity contribution in [3.63, 3.8) is 0 Å². The average Bonchev–Trinajstić information content (AvgIpc) is 3.18. The van der Waals surface area contributed by atoms with Gasteiger partial charge in [-0.1, -0.05) is 181 Å². The van der Waals surface area contributed by atoms with Crippen LogP contribution in [0.3, 0.4) is 0 Å². The molecule has 0 fully saturated rings. The molecule has 282 valence electrons. The second-order valence-corrected chi connectivity index (χ2v) is 14.4. The van der Waals surface area contributed by atoms with E-state index in [0.29, 0.717) is 33.0 Å². The molecule has 0 heterocycles. The van der Waals surface area contributed by atoms with Crippen LogP contribution in [0.25, 0.3) is 0 Å². The minimum absolute atomic E-state index is 0.175. The monoisotopic (exact) mass is 708 g/mol. The Balaban J connectivity index is 1.46. The van der Waals surface area contributed by atoms with E-state index >= 15 is 0 Å². The number of hydrogen-bond donors (Lipinski definition) is 0. The quantitative estimate of drug-likeness (QED) is 0.0550. The summed E-state index contributed by atoms with van der Waals surface area (Å²) in [5.74, 6) is 1.65. The highest BCUT2D eigenvalue weighted by Crippen LogP contribution is 2.24. The highest BCUT2D eigenvalue weighted by Gasteiger charge is 2.33. The van der Waals surface area contributed by atoms with Gasteiger partial charge in [0.2, 0.25) is 0 Å². The maximum absolute atomic E-state index is 6.88. The lowest BCUT2D eigenvalue weighted by atomic mass is 9.99. The van der Waals surface area contributed by atoms with E-state index in [1.54, 1.807) is 7.11 Å². The van der Waals surface area contributed by atoms with Crippen molar-refractivity contribution in [2.45, 2.75) is 129 Å². The zero-order valence-corrected chi connectivity index (χ0v) is 32.1. The van der Waals surface area contributed by atoms with Crippen LogP contribution in [0.1, 0.15) is 107 Å². The first-order chi connectivity index (χ1) is 25.6. The van der Waals surface area contributed by atoms with Crippen LogP contribution in [0.4, 0.5) is 0 Å². The Morgan fingerprint density at radius 3 is 1.35 bits per heavy atom. The molecule has 0 amide bonds. The molecule has 0 aliphatic heterocycles. The molecule has 0 saturated carbocycles. The lowest BCUT2D eigenvalue weighted by molar-refractivity contribution is -0.169. The average molecular weight is 709 g/mol. The van der Waals surface area contributed by atoms with Gasteiger partial charge in [-0.25, -0.2) is 0 Å². The van der Waals surface area contributed by atoms with E-state index in [-0.39, 0.29) is 18.3 Å². The molecule has 0 aliphatic carbocycles. The summed E-state index contributed by atoms with van der Waals surface area (Å²) in [6.07, 6.45) is 13.0. The molecule has 52 heavy (non-hydrogen) atoms. The van der Waals surface area contributed by atoms with Gasteiger partial charge in [-0.05, 0) is 46.7 Å². The van der Waals surface area contributed by atoms with Gasteiger partial charge in [0.25, 0.3) is 0 Å². The number of rotatable bonds is 28. The van der Waals surface area contributed by atoms with Crippen LogP contribution in [-0.4, -0.2) is 32.0 Å². The fourth-order valence-electron chi connectivity index (χ4n) is 6.51. The van der Waals surface area contributed by atoms with E-state index in [4.69, 9.17) is 23.7 Å². The van der Waals surface area contributed by atoms with Crippen molar-refractivity contribution in [1.29, 1.82) is 0 Å². The number of methoxy groups -OCH3 is 1. The molecule has 0 radical (unpaired) electrons. The summed E-state index contributed by atoms with van der Waals surface area (Å²) in [4.78, 5) is 0. The van der Waals surface area contributed by atoms with Gasteiger partial charge in [0.15, 0.2) is 0 Å². The van der Waals surface area contributed by atoms with Crippen molar-refractivity contribution in [3.8, 4) is 5.75 Å². The van der Waals surface area contributed by atoms with Gasteiger partial charge < -0.3 is 23.7 Å². The van der Waals surface area contributed by atoms with Crippen LogP contribution < -0.4 is 4.74 Å². The fourth-order valence-corrected chi connectivity index (χ4v) is 6.51. The Hall–Kier alpha value is -3.48. The molecule has 0 aliphatic rings. The maximum atomic E-state index is 6.88. The van der Waals surface area contributed by atoms with E-state index in [9.17, 15) is 0 Å². The van der Waals surface area contributed by atoms with Crippen LogP contribution in [0.2, 0.25) is 0 Å². The van der Waals surface area contributed by atoms with Gasteiger partial charge in [-0.15, -0.1) is 0 Å². The summed E-state index contributed by atoms with van der Waals surface area (Å²) in [5, 5.41) is 0. The molecule has 4 aromatic carbocycles. The third-order valence-electron chi connectivity index (χ3n) is 9.61. The Labute approximate surface area is 315 Å². The van der Waals surface area contributed by atoms with Crippen LogP contribution in [-0.2, 0) is 45.4 Å². The molecule has 5 heteroatoms. The molecule has 3 atom stereocenters. The topological polar surface area (TPSA) is 46.2 Å². The van der Waals surface area contributed by atoms with Crippen molar-refractivity contribution in [1.82, 2.24) is 0 Å². The number of benzene rings is 4. The third-order valence-corrected chi connectivity index (χ3v) is 9.61. The molecular weight excluding hydrogens is 645 g/mol. The molecule has 0 saturated heterocycles. The molecule has 0 spiro atoms. The van der Waals surface area contributed by atoms with Gasteiger partial charge >= 0.3 is 0 Å². The van der Waals surface area contributed by atoms with Crippen LogP contribution >= 0.6 is 0 Å². The molecule has 0 aromatic heterocycles. The van der Waals surface area contributed by atoms with E-state index in [2.05, 4.69) is 86.6 Å². The summed E-state index contributed by atoms with van der Waals surface area (Å²) in [7, 11) is 1.69. The summed E-state index contributed by atoms with van der Waals surface area (Å²) in [6, 6.07) is 39.2. The first kappa shape index (κ1) is 41.3. The third kappa shape index (κ3) is 16.9. The summed E-state index contributed by atoms with van der Waals surface area (Å²) >= 11 is 0. The zero-order chi connectivity index (χ0) is 36.5. The highest BCUT2D eigenvalue weighted by molar-refractivity contribution is 5.26. The fraction of sp³-hybridized carbons (Fsp3) is 0.489. The molecule has 4 aromatic rings. The van der Waals surface area contributed by atoms with Crippen molar-refractivity contribution in [3.05, 3.63) is 138 Å². The first-order valence-corrected chi connectivity index (χ1v) is 19.8. The molecule has 5 nitrogen and oxygen atoms in total. The van der Waals surface area contributed by atoms with Crippen LogP contribution in [0.5, 0.6) is 5.75 Å². The van der Waals surface area contributed by atoms with Crippen LogP contribution in [0, 0.1) is 5.92 Å². The predicted octanol–water partition coefficient (Wildman–Crippen LogP) is 11.9. The predicted molar refractivity (Wildman–Crippen MR) is 213 cm³/mol. The van der Waals surface area contributed by atoms with E-state index in [0.717, 1.165) is 46.8 Å².